The molecule has 0 saturated carbocycles. The van der Waals surface area contributed by atoms with Gasteiger partial charge in [0.2, 0.25) is 0 Å². The Kier molecular flexibility index (Phi) is 4.00. The van der Waals surface area contributed by atoms with E-state index in [1.54, 1.807) is 0 Å². The number of aryl methyl sites for hydroxylation is 1. The van der Waals surface area contributed by atoms with Crippen molar-refractivity contribution in [3.63, 3.8) is 0 Å². The van der Waals surface area contributed by atoms with Crippen LogP contribution in [0.5, 0.6) is 0 Å². The highest BCUT2D eigenvalue weighted by molar-refractivity contribution is 5.23. The van der Waals surface area contributed by atoms with Crippen LogP contribution in [-0.4, -0.2) is 13.1 Å². The standard InChI is InChI=1S/C15H23N/c1-3-13-4-6-14(7-5-13)10-15-8-9-16-11-12(15)2/h4-7,12,15-16H,3,8-11H2,1-2H3. The molecule has 0 radical (unpaired) electrons. The zero-order chi connectivity index (χ0) is 11.4. The average Bonchev–Trinajstić information content (AvgIpc) is 2.33. The van der Waals surface area contributed by atoms with Crippen LogP contribution in [0, 0.1) is 11.8 Å². The maximum atomic E-state index is 3.47. The smallest absolute Gasteiger partial charge is 0.00204 e. The molecule has 1 heterocycles. The van der Waals surface area contributed by atoms with Gasteiger partial charge < -0.3 is 5.32 Å². The molecule has 0 bridgehead atoms. The normalized spacial score (nSPS) is 25.6. The lowest BCUT2D eigenvalue weighted by Crippen LogP contribution is -2.35. The van der Waals surface area contributed by atoms with Crippen molar-refractivity contribution in [2.45, 2.75) is 33.1 Å². The maximum absolute atomic E-state index is 3.47. The Hall–Kier alpha value is -0.820. The zero-order valence-electron chi connectivity index (χ0n) is 10.5. The van der Waals surface area contributed by atoms with Crippen LogP contribution in [0.4, 0.5) is 0 Å². The van der Waals surface area contributed by atoms with Crippen molar-refractivity contribution in [2.75, 3.05) is 13.1 Å². The van der Waals surface area contributed by atoms with Crippen molar-refractivity contribution in [3.05, 3.63) is 35.4 Å². The highest BCUT2D eigenvalue weighted by Crippen LogP contribution is 2.23. The molecule has 1 aliphatic rings. The predicted molar refractivity (Wildman–Crippen MR) is 69.7 cm³/mol. The minimum absolute atomic E-state index is 0.819. The summed E-state index contributed by atoms with van der Waals surface area (Å²) >= 11 is 0. The van der Waals surface area contributed by atoms with Crippen molar-refractivity contribution in [1.29, 1.82) is 0 Å². The Labute approximate surface area is 99.3 Å². The fourth-order valence-corrected chi connectivity index (χ4v) is 2.59. The van der Waals surface area contributed by atoms with Crippen LogP contribution in [0.1, 0.15) is 31.4 Å². The van der Waals surface area contributed by atoms with Gasteiger partial charge in [-0.05, 0) is 55.3 Å². The second kappa shape index (κ2) is 5.49. The predicted octanol–water partition coefficient (Wildman–Crippen LogP) is 3.04. The van der Waals surface area contributed by atoms with Crippen molar-refractivity contribution < 1.29 is 0 Å². The molecule has 0 spiro atoms. The summed E-state index contributed by atoms with van der Waals surface area (Å²) in [6.45, 7) is 6.97. The van der Waals surface area contributed by atoms with Crippen molar-refractivity contribution in [2.24, 2.45) is 11.8 Å². The van der Waals surface area contributed by atoms with Gasteiger partial charge in [-0.3, -0.25) is 0 Å². The Morgan fingerprint density at radius 1 is 1.19 bits per heavy atom. The van der Waals surface area contributed by atoms with Crippen LogP contribution in [0.3, 0.4) is 0 Å². The minimum Gasteiger partial charge on any atom is -0.316 e. The molecular formula is C15H23N. The number of piperidine rings is 1. The summed E-state index contributed by atoms with van der Waals surface area (Å²) < 4.78 is 0. The summed E-state index contributed by atoms with van der Waals surface area (Å²) in [7, 11) is 0. The molecule has 2 unspecified atom stereocenters. The molecule has 2 atom stereocenters. The largest absolute Gasteiger partial charge is 0.316 e. The molecule has 0 aromatic heterocycles. The molecule has 1 aliphatic heterocycles. The second-order valence-electron chi connectivity index (χ2n) is 5.10. The first-order valence-electron chi connectivity index (χ1n) is 6.58. The topological polar surface area (TPSA) is 12.0 Å². The summed E-state index contributed by atoms with van der Waals surface area (Å²) in [6, 6.07) is 9.18. The molecule has 1 aromatic rings. The Balaban J connectivity index is 1.96. The fraction of sp³-hybridized carbons (Fsp3) is 0.600. The molecule has 1 saturated heterocycles. The lowest BCUT2D eigenvalue weighted by molar-refractivity contribution is 0.272. The maximum Gasteiger partial charge on any atom is -0.00204 e. The van der Waals surface area contributed by atoms with Gasteiger partial charge >= 0.3 is 0 Å². The van der Waals surface area contributed by atoms with E-state index in [4.69, 9.17) is 0 Å². The molecule has 1 N–H and O–H groups in total. The van der Waals surface area contributed by atoms with E-state index in [1.165, 1.54) is 37.1 Å². The van der Waals surface area contributed by atoms with E-state index in [1.807, 2.05) is 0 Å². The summed E-state index contributed by atoms with van der Waals surface area (Å²) in [5.74, 6) is 1.69. The third-order valence-electron chi connectivity index (χ3n) is 3.89. The highest BCUT2D eigenvalue weighted by Gasteiger charge is 2.20. The molecule has 88 valence electrons. The first-order chi connectivity index (χ1) is 7.79. The van der Waals surface area contributed by atoms with Gasteiger partial charge in [-0.15, -0.1) is 0 Å². The van der Waals surface area contributed by atoms with E-state index in [-0.39, 0.29) is 0 Å². The lowest BCUT2D eigenvalue weighted by Gasteiger charge is -2.29. The summed E-state index contributed by atoms with van der Waals surface area (Å²) in [4.78, 5) is 0. The van der Waals surface area contributed by atoms with Gasteiger partial charge in [0.05, 0.1) is 0 Å². The molecule has 1 aromatic carbocycles. The number of hydrogen-bond acceptors (Lipinski definition) is 1. The number of nitrogens with one attached hydrogen (secondary N) is 1. The van der Waals surface area contributed by atoms with Crippen LogP contribution in [0.2, 0.25) is 0 Å². The first-order valence-corrected chi connectivity index (χ1v) is 6.58. The quantitative estimate of drug-likeness (QED) is 0.820. The minimum atomic E-state index is 0.819. The summed E-state index contributed by atoms with van der Waals surface area (Å²) in [5, 5.41) is 3.47. The molecule has 1 fully saturated rings. The van der Waals surface area contributed by atoms with Gasteiger partial charge in [-0.2, -0.15) is 0 Å². The van der Waals surface area contributed by atoms with E-state index in [0.29, 0.717) is 0 Å². The summed E-state index contributed by atoms with van der Waals surface area (Å²) in [5.41, 5.74) is 2.96. The number of benzene rings is 1. The molecule has 16 heavy (non-hydrogen) atoms. The van der Waals surface area contributed by atoms with E-state index in [9.17, 15) is 0 Å². The van der Waals surface area contributed by atoms with Gasteiger partial charge in [0.1, 0.15) is 0 Å². The molecule has 0 aliphatic carbocycles. The van der Waals surface area contributed by atoms with Crippen LogP contribution in [0.25, 0.3) is 0 Å². The third kappa shape index (κ3) is 2.85. The van der Waals surface area contributed by atoms with E-state index < -0.39 is 0 Å². The molecule has 2 rings (SSSR count). The van der Waals surface area contributed by atoms with Gasteiger partial charge in [0.15, 0.2) is 0 Å². The average molecular weight is 217 g/mol. The SMILES string of the molecule is CCc1ccc(CC2CCNCC2C)cc1. The van der Waals surface area contributed by atoms with Crippen molar-refractivity contribution >= 4 is 0 Å². The highest BCUT2D eigenvalue weighted by atomic mass is 14.9. The second-order valence-corrected chi connectivity index (χ2v) is 5.10. The lowest BCUT2D eigenvalue weighted by atomic mass is 9.83. The van der Waals surface area contributed by atoms with E-state index >= 15 is 0 Å². The van der Waals surface area contributed by atoms with Crippen LogP contribution < -0.4 is 5.32 Å². The monoisotopic (exact) mass is 217 g/mol. The van der Waals surface area contributed by atoms with Crippen LogP contribution in [-0.2, 0) is 12.8 Å². The number of rotatable bonds is 3. The molecule has 1 heteroatoms. The first kappa shape index (κ1) is 11.7. The summed E-state index contributed by atoms with van der Waals surface area (Å²) in [6.07, 6.45) is 3.73. The van der Waals surface area contributed by atoms with E-state index in [2.05, 4.69) is 43.4 Å². The van der Waals surface area contributed by atoms with Crippen LogP contribution >= 0.6 is 0 Å². The van der Waals surface area contributed by atoms with Gasteiger partial charge in [-0.25, -0.2) is 0 Å². The fourth-order valence-electron chi connectivity index (χ4n) is 2.59. The molecule has 1 nitrogen and oxygen atoms in total. The van der Waals surface area contributed by atoms with E-state index in [0.717, 1.165) is 18.3 Å². The third-order valence-corrected chi connectivity index (χ3v) is 3.89. The Morgan fingerprint density at radius 2 is 1.88 bits per heavy atom. The van der Waals surface area contributed by atoms with Gasteiger partial charge in [0.25, 0.3) is 0 Å². The van der Waals surface area contributed by atoms with Crippen molar-refractivity contribution in [1.82, 2.24) is 5.32 Å². The molecular weight excluding hydrogens is 194 g/mol. The van der Waals surface area contributed by atoms with Crippen molar-refractivity contribution in [3.8, 4) is 0 Å². The van der Waals surface area contributed by atoms with Crippen LogP contribution in [0.15, 0.2) is 24.3 Å². The zero-order valence-corrected chi connectivity index (χ0v) is 10.5. The Morgan fingerprint density at radius 3 is 2.50 bits per heavy atom. The number of hydrogen-bond donors (Lipinski definition) is 1. The molecule has 0 amide bonds. The Bertz CT molecular complexity index is 315. The van der Waals surface area contributed by atoms with Gasteiger partial charge in [-0.1, -0.05) is 38.1 Å². The van der Waals surface area contributed by atoms with Gasteiger partial charge in [0, 0.05) is 0 Å².